The summed E-state index contributed by atoms with van der Waals surface area (Å²) in [5.41, 5.74) is 7.69. The second-order valence-electron chi connectivity index (χ2n) is 8.55. The second kappa shape index (κ2) is 9.90. The van der Waals surface area contributed by atoms with E-state index in [1.807, 2.05) is 52.0 Å². The predicted octanol–water partition coefficient (Wildman–Crippen LogP) is 5.95. The van der Waals surface area contributed by atoms with Crippen molar-refractivity contribution in [3.63, 3.8) is 0 Å². The molecule has 170 valence electrons. The van der Waals surface area contributed by atoms with Crippen LogP contribution < -0.4 is 15.2 Å². The SMILES string of the molecule is CCOc1cc([C@@H]2C(C#N)=C(N)OC(C(C)(C)C)=C2C#N)ccc1OCc1ccccc1Cl. The maximum Gasteiger partial charge on any atom is 0.205 e. The van der Waals surface area contributed by atoms with E-state index < -0.39 is 11.3 Å². The highest BCUT2D eigenvalue weighted by atomic mass is 35.5. The molecule has 2 aromatic carbocycles. The Hall–Kier alpha value is -3.61. The van der Waals surface area contributed by atoms with Crippen LogP contribution in [0.3, 0.4) is 0 Å². The van der Waals surface area contributed by atoms with Gasteiger partial charge in [-0.05, 0) is 30.7 Å². The average Bonchev–Trinajstić information content (AvgIpc) is 2.78. The van der Waals surface area contributed by atoms with Gasteiger partial charge in [-0.25, -0.2) is 0 Å². The lowest BCUT2D eigenvalue weighted by Crippen LogP contribution is -2.26. The molecule has 1 heterocycles. The van der Waals surface area contributed by atoms with Gasteiger partial charge in [0, 0.05) is 16.0 Å². The largest absolute Gasteiger partial charge is 0.490 e. The van der Waals surface area contributed by atoms with Crippen molar-refractivity contribution >= 4 is 11.6 Å². The van der Waals surface area contributed by atoms with E-state index in [1.54, 1.807) is 18.2 Å². The van der Waals surface area contributed by atoms with Crippen LogP contribution in [0, 0.1) is 28.1 Å². The molecule has 0 unspecified atom stereocenters. The highest BCUT2D eigenvalue weighted by Crippen LogP contribution is 2.45. The van der Waals surface area contributed by atoms with E-state index >= 15 is 0 Å². The monoisotopic (exact) mass is 463 g/mol. The molecule has 2 N–H and O–H groups in total. The van der Waals surface area contributed by atoms with Gasteiger partial charge in [0.1, 0.15) is 24.0 Å². The third-order valence-corrected chi connectivity index (χ3v) is 5.53. The van der Waals surface area contributed by atoms with Crippen LogP contribution in [0.2, 0.25) is 5.02 Å². The number of hydrogen-bond donors (Lipinski definition) is 1. The molecule has 1 aliphatic heterocycles. The number of halogens is 1. The van der Waals surface area contributed by atoms with Gasteiger partial charge in [0.2, 0.25) is 5.88 Å². The van der Waals surface area contributed by atoms with Gasteiger partial charge in [-0.2, -0.15) is 10.5 Å². The summed E-state index contributed by atoms with van der Waals surface area (Å²) in [6, 6.07) is 17.2. The first kappa shape index (κ1) is 24.0. The smallest absolute Gasteiger partial charge is 0.205 e. The molecule has 1 aliphatic rings. The number of rotatable bonds is 6. The lowest BCUT2D eigenvalue weighted by Gasteiger charge is -2.32. The maximum atomic E-state index is 9.99. The molecule has 0 spiro atoms. The van der Waals surface area contributed by atoms with Crippen LogP contribution in [-0.4, -0.2) is 6.61 Å². The molecule has 2 aromatic rings. The highest BCUT2D eigenvalue weighted by molar-refractivity contribution is 6.31. The lowest BCUT2D eigenvalue weighted by molar-refractivity contribution is 0.199. The number of hydrogen-bond acceptors (Lipinski definition) is 6. The first-order valence-electron chi connectivity index (χ1n) is 10.6. The zero-order valence-electron chi connectivity index (χ0n) is 19.1. The van der Waals surface area contributed by atoms with E-state index in [-0.39, 0.29) is 18.1 Å². The minimum absolute atomic E-state index is 0.00318. The normalized spacial score (nSPS) is 16.0. The Balaban J connectivity index is 2.05. The molecule has 0 amide bonds. The summed E-state index contributed by atoms with van der Waals surface area (Å²) >= 11 is 6.24. The number of nitriles is 2. The summed E-state index contributed by atoms with van der Waals surface area (Å²) < 4.78 is 17.5. The van der Waals surface area contributed by atoms with E-state index in [0.29, 0.717) is 40.0 Å². The standard InChI is InChI=1S/C26H26ClN3O3/c1-5-31-22-12-16(10-11-21(22)32-15-17-8-6-7-9-20(17)27)23-18(13-28)24(26(2,3)4)33-25(30)19(23)14-29/h6-12,23H,5,15,30H2,1-4H3/t23-/m0/s1. The van der Waals surface area contributed by atoms with E-state index in [0.717, 1.165) is 5.56 Å². The van der Waals surface area contributed by atoms with Crippen LogP contribution in [0.5, 0.6) is 11.5 Å². The van der Waals surface area contributed by atoms with Gasteiger partial charge in [0.05, 0.1) is 24.2 Å². The maximum absolute atomic E-state index is 9.99. The Bertz CT molecular complexity index is 1200. The molecule has 3 rings (SSSR count). The third-order valence-electron chi connectivity index (χ3n) is 5.16. The summed E-state index contributed by atoms with van der Waals surface area (Å²) in [6.07, 6.45) is 0. The lowest BCUT2D eigenvalue weighted by atomic mass is 9.79. The van der Waals surface area contributed by atoms with Gasteiger partial charge in [0.25, 0.3) is 0 Å². The molecule has 0 saturated carbocycles. The second-order valence-corrected chi connectivity index (χ2v) is 8.96. The molecule has 1 atom stereocenters. The molecule has 33 heavy (non-hydrogen) atoms. The van der Waals surface area contributed by atoms with Crippen molar-refractivity contribution in [2.45, 2.75) is 40.2 Å². The molecule has 6 nitrogen and oxygen atoms in total. The van der Waals surface area contributed by atoms with Crippen LogP contribution in [0.1, 0.15) is 44.7 Å². The van der Waals surface area contributed by atoms with Crippen molar-refractivity contribution in [1.29, 1.82) is 10.5 Å². The fourth-order valence-electron chi connectivity index (χ4n) is 3.63. The summed E-state index contributed by atoms with van der Waals surface area (Å²) in [5, 5.41) is 20.4. The van der Waals surface area contributed by atoms with Crippen molar-refractivity contribution in [1.82, 2.24) is 0 Å². The minimum atomic E-state index is -0.667. The van der Waals surface area contributed by atoms with Gasteiger partial charge in [-0.3, -0.25) is 0 Å². The Kier molecular flexibility index (Phi) is 7.21. The van der Waals surface area contributed by atoms with Crippen molar-refractivity contribution in [3.8, 4) is 23.6 Å². The van der Waals surface area contributed by atoms with Crippen molar-refractivity contribution in [2.24, 2.45) is 11.1 Å². The van der Waals surface area contributed by atoms with E-state index in [2.05, 4.69) is 12.1 Å². The average molecular weight is 464 g/mol. The van der Waals surface area contributed by atoms with E-state index in [1.165, 1.54) is 0 Å². The van der Waals surface area contributed by atoms with Crippen molar-refractivity contribution < 1.29 is 14.2 Å². The number of ether oxygens (including phenoxy) is 3. The Morgan fingerprint density at radius 1 is 1.03 bits per heavy atom. The third kappa shape index (κ3) is 5.08. The zero-order chi connectivity index (χ0) is 24.2. The molecular weight excluding hydrogens is 438 g/mol. The highest BCUT2D eigenvalue weighted by Gasteiger charge is 2.37. The van der Waals surface area contributed by atoms with E-state index in [9.17, 15) is 10.5 Å². The van der Waals surface area contributed by atoms with Crippen LogP contribution in [0.25, 0.3) is 0 Å². The Morgan fingerprint density at radius 3 is 2.33 bits per heavy atom. The summed E-state index contributed by atoms with van der Waals surface area (Å²) in [4.78, 5) is 0. The fraction of sp³-hybridized carbons (Fsp3) is 0.308. The van der Waals surface area contributed by atoms with E-state index in [4.69, 9.17) is 31.5 Å². The molecule has 0 radical (unpaired) electrons. The quantitative estimate of drug-likeness (QED) is 0.568. The molecule has 0 aliphatic carbocycles. The van der Waals surface area contributed by atoms with Crippen LogP contribution >= 0.6 is 11.6 Å². The summed E-state index contributed by atoms with van der Waals surface area (Å²) in [6.45, 7) is 8.34. The first-order valence-corrected chi connectivity index (χ1v) is 10.9. The van der Waals surface area contributed by atoms with Gasteiger partial charge in [0.15, 0.2) is 11.5 Å². The van der Waals surface area contributed by atoms with Crippen LogP contribution in [-0.2, 0) is 11.3 Å². The van der Waals surface area contributed by atoms with Crippen LogP contribution in [0.15, 0.2) is 65.3 Å². The van der Waals surface area contributed by atoms with Crippen LogP contribution in [0.4, 0.5) is 0 Å². The molecule has 7 heteroatoms. The van der Waals surface area contributed by atoms with Gasteiger partial charge in [-0.1, -0.05) is 56.6 Å². The number of nitrogens with two attached hydrogens (primary N) is 1. The Labute approximate surface area is 199 Å². The van der Waals surface area contributed by atoms with Crippen molar-refractivity contribution in [3.05, 3.63) is 81.4 Å². The topological polar surface area (TPSA) is 101 Å². The van der Waals surface area contributed by atoms with Crippen molar-refractivity contribution in [2.75, 3.05) is 6.61 Å². The molecular formula is C26H26ClN3O3. The van der Waals surface area contributed by atoms with Gasteiger partial charge in [-0.15, -0.1) is 0 Å². The fourth-order valence-corrected chi connectivity index (χ4v) is 3.82. The summed E-state index contributed by atoms with van der Waals surface area (Å²) in [5.74, 6) is 0.812. The molecule has 0 fully saturated rings. The molecule has 0 saturated heterocycles. The van der Waals surface area contributed by atoms with Gasteiger partial charge < -0.3 is 19.9 Å². The zero-order valence-corrected chi connectivity index (χ0v) is 19.9. The molecule has 0 bridgehead atoms. The number of nitrogens with zero attached hydrogens (tertiary/aromatic N) is 2. The Morgan fingerprint density at radius 2 is 1.73 bits per heavy atom. The minimum Gasteiger partial charge on any atom is -0.490 e. The predicted molar refractivity (Wildman–Crippen MR) is 126 cm³/mol. The number of benzene rings is 2. The molecule has 0 aromatic heterocycles. The summed E-state index contributed by atoms with van der Waals surface area (Å²) in [7, 11) is 0. The number of allylic oxidation sites excluding steroid dienone is 3. The first-order chi connectivity index (χ1) is 15.7. The van der Waals surface area contributed by atoms with Gasteiger partial charge >= 0.3 is 0 Å².